The van der Waals surface area contributed by atoms with Crippen molar-refractivity contribution in [2.75, 3.05) is 39.5 Å². The molecule has 6 rings (SSSR count). The van der Waals surface area contributed by atoms with Gasteiger partial charge in [-0.2, -0.15) is 0 Å². The maximum atomic E-state index is 12.0. The summed E-state index contributed by atoms with van der Waals surface area (Å²) in [5.74, 6) is -0.0960. The topological polar surface area (TPSA) is 204 Å². The maximum absolute atomic E-state index is 12.0. The summed E-state index contributed by atoms with van der Waals surface area (Å²) in [5.41, 5.74) is -0.453. The summed E-state index contributed by atoms with van der Waals surface area (Å²) in [7, 11) is 0. The van der Waals surface area contributed by atoms with Gasteiger partial charge < -0.3 is 44.4 Å². The van der Waals surface area contributed by atoms with Crippen LogP contribution in [0.3, 0.4) is 0 Å². The van der Waals surface area contributed by atoms with Gasteiger partial charge in [-0.15, -0.1) is 0 Å². The van der Waals surface area contributed by atoms with Crippen molar-refractivity contribution < 1.29 is 57.2 Å². The van der Waals surface area contributed by atoms with Gasteiger partial charge in [0, 0.05) is 24.3 Å². The summed E-state index contributed by atoms with van der Waals surface area (Å²) in [6.45, 7) is 15.7. The van der Waals surface area contributed by atoms with Crippen LogP contribution in [0.15, 0.2) is 0 Å². The molecule has 15 nitrogen and oxygen atoms in total. The van der Waals surface area contributed by atoms with Gasteiger partial charge in [-0.25, -0.2) is 0 Å². The molecule has 3 amide bonds. The molecule has 0 aromatic rings. The van der Waals surface area contributed by atoms with Gasteiger partial charge in [0.2, 0.25) is 17.7 Å². The van der Waals surface area contributed by atoms with Crippen LogP contribution in [-0.2, 0) is 57.2 Å². The molecule has 3 aliphatic heterocycles. The van der Waals surface area contributed by atoms with E-state index in [9.17, 15) is 28.8 Å². The van der Waals surface area contributed by atoms with Crippen LogP contribution in [0.5, 0.6) is 0 Å². The number of carbonyl (C=O) groups is 6. The molecule has 0 aromatic carbocycles. The highest BCUT2D eigenvalue weighted by atomic mass is 16.6. The fourth-order valence-electron chi connectivity index (χ4n) is 7.57. The summed E-state index contributed by atoms with van der Waals surface area (Å²) >= 11 is 0. The Morgan fingerprint density at radius 3 is 1.30 bits per heavy atom. The van der Waals surface area contributed by atoms with Gasteiger partial charge in [0.15, 0.2) is 0 Å². The van der Waals surface area contributed by atoms with E-state index in [0.717, 1.165) is 89.9 Å². The molecule has 15 heteroatoms. The molecule has 3 saturated heterocycles. The van der Waals surface area contributed by atoms with Crippen LogP contribution < -0.4 is 16.0 Å². The van der Waals surface area contributed by atoms with Crippen LogP contribution in [0, 0.1) is 35.0 Å². The zero-order chi connectivity index (χ0) is 43.8. The van der Waals surface area contributed by atoms with Gasteiger partial charge in [0.05, 0.1) is 73.6 Å². The molecular weight excluding hydrogens is 775 g/mol. The minimum atomic E-state index is -0.453. The number of fused-ring (bicyclic) bond motifs is 3. The molecule has 11 atom stereocenters. The average Bonchev–Trinajstić information content (AvgIpc) is 4.15. The van der Waals surface area contributed by atoms with Crippen molar-refractivity contribution in [1.82, 2.24) is 16.0 Å². The number of unbranched alkanes of at least 4 members (excludes halogenated alkanes) is 1. The highest BCUT2D eigenvalue weighted by molar-refractivity contribution is 5.80. The van der Waals surface area contributed by atoms with E-state index in [4.69, 9.17) is 28.4 Å². The van der Waals surface area contributed by atoms with E-state index in [1.807, 2.05) is 48.5 Å². The standard InChI is InChI=1S/C16H27NO4.C15H25NO4.C14H23NO4/c1-3-11(2)16(19)20-9-5-4-8-17-15(18)12-6-7-13-14(10-12)21-13;1-4-15(2,3)14(18)19-8-7-16-13(17)10-5-6-11-12(9-10)20-11;1-3-9(2)14(17)18-7-6-15-13(16)10-4-5-11-12(8-10)19-11/h11-14H,3-10H2,1-2H3,(H,17,18);10-12H,4-9H2,1-3H3,(H,16,17);9-12H,3-8H2,1-2H3,(H,15,16). The average molecular weight is 850 g/mol. The first-order valence-electron chi connectivity index (χ1n) is 23.0. The summed E-state index contributed by atoms with van der Waals surface area (Å²) in [4.78, 5) is 70.4. The summed E-state index contributed by atoms with van der Waals surface area (Å²) in [5, 5.41) is 8.66. The Labute approximate surface area is 357 Å². The molecule has 0 radical (unpaired) electrons. The van der Waals surface area contributed by atoms with Gasteiger partial charge >= 0.3 is 17.9 Å². The second-order valence-corrected chi connectivity index (χ2v) is 18.1. The third-order valence-corrected chi connectivity index (χ3v) is 13.0. The lowest BCUT2D eigenvalue weighted by Gasteiger charge is -2.21. The van der Waals surface area contributed by atoms with E-state index in [-0.39, 0.29) is 78.4 Å². The molecule has 3 aliphatic carbocycles. The first-order valence-corrected chi connectivity index (χ1v) is 23.0. The second kappa shape index (κ2) is 24.4. The number of hydrogen-bond acceptors (Lipinski definition) is 12. The molecule has 3 N–H and O–H groups in total. The number of nitrogens with one attached hydrogen (secondary N) is 3. The minimum Gasteiger partial charge on any atom is -0.465 e. The van der Waals surface area contributed by atoms with Crippen molar-refractivity contribution in [3.05, 3.63) is 0 Å². The number of carbonyl (C=O) groups excluding carboxylic acids is 6. The van der Waals surface area contributed by atoms with Gasteiger partial charge in [0.25, 0.3) is 0 Å². The first-order chi connectivity index (χ1) is 28.7. The van der Waals surface area contributed by atoms with Crippen molar-refractivity contribution in [3.8, 4) is 0 Å². The van der Waals surface area contributed by atoms with Gasteiger partial charge in [-0.1, -0.05) is 34.6 Å². The summed E-state index contributed by atoms with van der Waals surface area (Å²) in [6.07, 6.45) is 14.5. The SMILES string of the molecule is CCC(C)(C)C(=O)OCCNC(=O)C1CCC2OC2C1.CCC(C)C(=O)OCCCCNC(=O)C1CCC2OC2C1.CCC(C)C(=O)OCCNC(=O)C1CCC2OC2C1. The zero-order valence-electron chi connectivity index (χ0n) is 37.4. The van der Waals surface area contributed by atoms with Crippen LogP contribution in [0.25, 0.3) is 0 Å². The van der Waals surface area contributed by atoms with Gasteiger partial charge in [0.1, 0.15) is 13.2 Å². The monoisotopic (exact) mass is 850 g/mol. The van der Waals surface area contributed by atoms with Crippen LogP contribution in [0.2, 0.25) is 0 Å². The summed E-state index contributed by atoms with van der Waals surface area (Å²) in [6, 6.07) is 0. The molecular formula is C45H75N3O12. The van der Waals surface area contributed by atoms with E-state index in [2.05, 4.69) is 16.0 Å². The van der Waals surface area contributed by atoms with Crippen LogP contribution >= 0.6 is 0 Å². The van der Waals surface area contributed by atoms with E-state index in [1.54, 1.807) is 0 Å². The Bertz CT molecular complexity index is 1430. The number of ether oxygens (including phenoxy) is 6. The van der Waals surface area contributed by atoms with Crippen molar-refractivity contribution in [2.45, 2.75) is 175 Å². The Kier molecular flexibility index (Phi) is 20.0. The van der Waals surface area contributed by atoms with Crippen molar-refractivity contribution >= 4 is 35.6 Å². The lowest BCUT2D eigenvalue weighted by molar-refractivity contribution is -0.154. The first kappa shape index (κ1) is 49.4. The third kappa shape index (κ3) is 16.5. The highest BCUT2D eigenvalue weighted by Crippen LogP contribution is 2.41. The normalized spacial score (nSPS) is 28.9. The zero-order valence-corrected chi connectivity index (χ0v) is 37.4. The van der Waals surface area contributed by atoms with Crippen LogP contribution in [0.1, 0.15) is 138 Å². The van der Waals surface area contributed by atoms with Gasteiger partial charge in [-0.3, -0.25) is 28.8 Å². The van der Waals surface area contributed by atoms with E-state index in [1.165, 1.54) is 0 Å². The molecule has 0 spiro atoms. The number of amides is 3. The Morgan fingerprint density at radius 2 is 0.917 bits per heavy atom. The Balaban J connectivity index is 0.000000199. The number of epoxide rings is 3. The molecule has 11 unspecified atom stereocenters. The van der Waals surface area contributed by atoms with Gasteiger partial charge in [-0.05, 0) is 104 Å². The second-order valence-electron chi connectivity index (χ2n) is 18.1. The van der Waals surface area contributed by atoms with Crippen molar-refractivity contribution in [3.63, 3.8) is 0 Å². The number of hydrogen-bond donors (Lipinski definition) is 3. The largest absolute Gasteiger partial charge is 0.465 e. The lowest BCUT2D eigenvalue weighted by atomic mass is 9.89. The predicted molar refractivity (Wildman–Crippen MR) is 222 cm³/mol. The molecule has 6 fully saturated rings. The lowest BCUT2D eigenvalue weighted by Crippen LogP contribution is -2.36. The molecule has 0 bridgehead atoms. The fraction of sp³-hybridized carbons (Fsp3) is 0.867. The molecule has 3 saturated carbocycles. The predicted octanol–water partition coefficient (Wildman–Crippen LogP) is 4.95. The quantitative estimate of drug-likeness (QED) is 0.0645. The number of rotatable bonds is 20. The molecule has 342 valence electrons. The smallest absolute Gasteiger partial charge is 0.311 e. The van der Waals surface area contributed by atoms with E-state index < -0.39 is 5.41 Å². The molecule has 0 aromatic heterocycles. The maximum Gasteiger partial charge on any atom is 0.311 e. The highest BCUT2D eigenvalue weighted by Gasteiger charge is 2.47. The Hall–Kier alpha value is -3.30. The summed E-state index contributed by atoms with van der Waals surface area (Å²) < 4.78 is 31.7. The van der Waals surface area contributed by atoms with Crippen molar-refractivity contribution in [2.24, 2.45) is 35.0 Å². The van der Waals surface area contributed by atoms with E-state index in [0.29, 0.717) is 62.9 Å². The third-order valence-electron chi connectivity index (χ3n) is 13.0. The van der Waals surface area contributed by atoms with Crippen LogP contribution in [0.4, 0.5) is 0 Å². The molecule has 60 heavy (non-hydrogen) atoms. The van der Waals surface area contributed by atoms with Crippen LogP contribution in [-0.4, -0.2) is 112 Å². The fourth-order valence-corrected chi connectivity index (χ4v) is 7.57. The van der Waals surface area contributed by atoms with E-state index >= 15 is 0 Å². The minimum absolute atomic E-state index is 0.0236. The molecule has 6 aliphatic rings. The molecule has 3 heterocycles. The Morgan fingerprint density at radius 1 is 0.533 bits per heavy atom. The van der Waals surface area contributed by atoms with Crippen molar-refractivity contribution in [1.29, 1.82) is 0 Å². The number of esters is 3.